The summed E-state index contributed by atoms with van der Waals surface area (Å²) in [6.07, 6.45) is 64.0. The molecule has 0 aromatic carbocycles. The molecule has 0 saturated heterocycles. The Morgan fingerprint density at radius 3 is 1.15 bits per heavy atom. The maximum atomic E-state index is 12.7. The molecule has 0 aliphatic heterocycles. The Morgan fingerprint density at radius 2 is 0.689 bits per heavy atom. The van der Waals surface area contributed by atoms with Crippen LogP contribution in [0.1, 0.15) is 213 Å². The first-order chi connectivity index (χ1) is 30.0. The number of esters is 3. The van der Waals surface area contributed by atoms with Crippen LogP contribution in [-0.2, 0) is 28.6 Å². The van der Waals surface area contributed by atoms with Crippen molar-refractivity contribution in [3.63, 3.8) is 0 Å². The zero-order chi connectivity index (χ0) is 44.4. The normalized spacial score (nSPS) is 12.9. The van der Waals surface area contributed by atoms with E-state index < -0.39 is 6.10 Å². The molecule has 6 heteroatoms. The Kier molecular flexibility index (Phi) is 46.0. The Morgan fingerprint density at radius 1 is 0.344 bits per heavy atom. The van der Waals surface area contributed by atoms with E-state index in [4.69, 9.17) is 14.2 Å². The van der Waals surface area contributed by atoms with Gasteiger partial charge in [-0.1, -0.05) is 189 Å². The van der Waals surface area contributed by atoms with E-state index in [2.05, 4.69) is 106 Å². The molecule has 0 unspecified atom stereocenters. The summed E-state index contributed by atoms with van der Waals surface area (Å²) in [7, 11) is 0. The van der Waals surface area contributed by atoms with Gasteiger partial charge in [-0.3, -0.25) is 14.4 Å². The van der Waals surface area contributed by atoms with Gasteiger partial charge in [0, 0.05) is 19.3 Å². The zero-order valence-corrected chi connectivity index (χ0v) is 39.4. The van der Waals surface area contributed by atoms with Gasteiger partial charge in [0.25, 0.3) is 0 Å². The molecule has 0 bridgehead atoms. The lowest BCUT2D eigenvalue weighted by Crippen LogP contribution is -2.30. The highest BCUT2D eigenvalue weighted by Crippen LogP contribution is 2.12. The molecule has 1 atom stereocenters. The van der Waals surface area contributed by atoms with Crippen LogP contribution in [0.5, 0.6) is 0 Å². The van der Waals surface area contributed by atoms with Gasteiger partial charge < -0.3 is 14.2 Å². The lowest BCUT2D eigenvalue weighted by atomic mass is 10.1. The van der Waals surface area contributed by atoms with E-state index in [0.29, 0.717) is 19.3 Å². The van der Waals surface area contributed by atoms with Crippen LogP contribution < -0.4 is 0 Å². The van der Waals surface area contributed by atoms with Crippen molar-refractivity contribution < 1.29 is 28.6 Å². The second kappa shape index (κ2) is 49.0. The van der Waals surface area contributed by atoms with E-state index in [1.54, 1.807) is 0 Å². The topological polar surface area (TPSA) is 78.9 Å². The van der Waals surface area contributed by atoms with Crippen LogP contribution in [0.15, 0.2) is 97.2 Å². The monoisotopic (exact) mass is 847 g/mol. The molecule has 0 N–H and O–H groups in total. The summed E-state index contributed by atoms with van der Waals surface area (Å²) >= 11 is 0. The van der Waals surface area contributed by atoms with E-state index in [-0.39, 0.29) is 37.5 Å². The molecule has 346 valence electrons. The lowest BCUT2D eigenvalue weighted by molar-refractivity contribution is -0.166. The van der Waals surface area contributed by atoms with Gasteiger partial charge in [-0.05, 0) is 103 Å². The first-order valence-corrected chi connectivity index (χ1v) is 24.7. The van der Waals surface area contributed by atoms with Gasteiger partial charge in [0.15, 0.2) is 6.10 Å². The number of carbonyl (C=O) groups is 3. The first-order valence-electron chi connectivity index (χ1n) is 24.7. The summed E-state index contributed by atoms with van der Waals surface area (Å²) in [4.78, 5) is 37.8. The molecule has 0 aromatic heterocycles. The Balaban J connectivity index is 4.50. The van der Waals surface area contributed by atoms with E-state index in [1.807, 2.05) is 12.2 Å². The average molecular weight is 847 g/mol. The molecule has 0 amide bonds. The maximum absolute atomic E-state index is 12.7. The summed E-state index contributed by atoms with van der Waals surface area (Å²) in [5, 5.41) is 0. The van der Waals surface area contributed by atoms with Crippen LogP contribution in [0.2, 0.25) is 0 Å². The number of ether oxygens (including phenoxy) is 3. The SMILES string of the molecule is CC/C=C\C/C=C\C/C=C\C/C=C\C/C=C\C/C=C\CCC(=O)OC[C@H](COC(=O)CCCCCCC/C=C\CCCCCC)OC(=O)CCCCCCC/C=C\CCCC. The van der Waals surface area contributed by atoms with Crippen molar-refractivity contribution in [3.8, 4) is 0 Å². The summed E-state index contributed by atoms with van der Waals surface area (Å²) < 4.78 is 16.7. The van der Waals surface area contributed by atoms with Crippen molar-refractivity contribution in [1.82, 2.24) is 0 Å². The number of allylic oxidation sites excluding steroid dienone is 16. The molecule has 0 radical (unpaired) electrons. The fourth-order valence-corrected chi connectivity index (χ4v) is 6.32. The van der Waals surface area contributed by atoms with E-state index >= 15 is 0 Å². The molecular weight excluding hydrogens is 757 g/mol. The molecule has 0 fully saturated rings. The number of hydrogen-bond acceptors (Lipinski definition) is 6. The third-order valence-corrected chi connectivity index (χ3v) is 10.1. The van der Waals surface area contributed by atoms with Gasteiger partial charge in [-0.25, -0.2) is 0 Å². The van der Waals surface area contributed by atoms with Crippen molar-refractivity contribution in [2.24, 2.45) is 0 Å². The van der Waals surface area contributed by atoms with Gasteiger partial charge in [0.05, 0.1) is 0 Å². The Labute approximate surface area is 375 Å². The van der Waals surface area contributed by atoms with Gasteiger partial charge in [-0.15, -0.1) is 0 Å². The van der Waals surface area contributed by atoms with Gasteiger partial charge in [0.2, 0.25) is 0 Å². The van der Waals surface area contributed by atoms with E-state index in [9.17, 15) is 14.4 Å². The number of hydrogen-bond donors (Lipinski definition) is 0. The molecule has 0 aromatic rings. The molecule has 0 spiro atoms. The number of carbonyl (C=O) groups excluding carboxylic acids is 3. The largest absolute Gasteiger partial charge is 0.462 e. The third-order valence-electron chi connectivity index (χ3n) is 10.1. The molecule has 0 aliphatic rings. The van der Waals surface area contributed by atoms with Gasteiger partial charge in [0.1, 0.15) is 13.2 Å². The lowest BCUT2D eigenvalue weighted by Gasteiger charge is -2.18. The highest BCUT2D eigenvalue weighted by molar-refractivity contribution is 5.71. The Bertz CT molecular complexity index is 1250. The van der Waals surface area contributed by atoms with Crippen molar-refractivity contribution in [2.45, 2.75) is 219 Å². The molecule has 0 rings (SSSR count). The molecule has 61 heavy (non-hydrogen) atoms. The van der Waals surface area contributed by atoms with Crippen LogP contribution in [0.3, 0.4) is 0 Å². The van der Waals surface area contributed by atoms with Gasteiger partial charge in [-0.2, -0.15) is 0 Å². The van der Waals surface area contributed by atoms with Crippen molar-refractivity contribution in [1.29, 1.82) is 0 Å². The van der Waals surface area contributed by atoms with E-state index in [1.165, 1.54) is 64.2 Å². The second-order valence-corrected chi connectivity index (χ2v) is 16.0. The Hall–Kier alpha value is -3.67. The van der Waals surface area contributed by atoms with Crippen LogP contribution in [-0.4, -0.2) is 37.2 Å². The highest BCUT2D eigenvalue weighted by atomic mass is 16.6. The smallest absolute Gasteiger partial charge is 0.306 e. The van der Waals surface area contributed by atoms with Gasteiger partial charge >= 0.3 is 17.9 Å². The fraction of sp³-hybridized carbons (Fsp3) is 0.655. The molecule has 0 saturated carbocycles. The summed E-state index contributed by atoms with van der Waals surface area (Å²) in [5.41, 5.74) is 0. The van der Waals surface area contributed by atoms with Crippen LogP contribution in [0.25, 0.3) is 0 Å². The predicted octanol–water partition coefficient (Wildman–Crippen LogP) is 16.2. The quantitative estimate of drug-likeness (QED) is 0.0263. The second-order valence-electron chi connectivity index (χ2n) is 16.0. The molecular formula is C55H90O6. The average Bonchev–Trinajstić information content (AvgIpc) is 3.26. The summed E-state index contributed by atoms with van der Waals surface area (Å²) in [6, 6.07) is 0. The predicted molar refractivity (Wildman–Crippen MR) is 260 cm³/mol. The fourth-order valence-electron chi connectivity index (χ4n) is 6.32. The highest BCUT2D eigenvalue weighted by Gasteiger charge is 2.19. The van der Waals surface area contributed by atoms with Crippen molar-refractivity contribution in [2.75, 3.05) is 13.2 Å². The summed E-state index contributed by atoms with van der Waals surface area (Å²) in [5.74, 6) is -1.02. The van der Waals surface area contributed by atoms with Crippen LogP contribution in [0.4, 0.5) is 0 Å². The van der Waals surface area contributed by atoms with Crippen LogP contribution in [0, 0.1) is 0 Å². The number of unbranched alkanes of at least 4 members (excludes halogenated alkanes) is 16. The minimum absolute atomic E-state index is 0.110. The summed E-state index contributed by atoms with van der Waals surface area (Å²) in [6.45, 7) is 6.37. The maximum Gasteiger partial charge on any atom is 0.306 e. The molecule has 0 heterocycles. The molecule has 6 nitrogen and oxygen atoms in total. The van der Waals surface area contributed by atoms with Crippen molar-refractivity contribution in [3.05, 3.63) is 97.2 Å². The minimum atomic E-state index is -0.814. The van der Waals surface area contributed by atoms with Crippen molar-refractivity contribution >= 4 is 17.9 Å². The zero-order valence-electron chi connectivity index (χ0n) is 39.4. The van der Waals surface area contributed by atoms with E-state index in [0.717, 1.165) is 103 Å². The molecule has 0 aliphatic carbocycles. The minimum Gasteiger partial charge on any atom is -0.462 e. The number of rotatable bonds is 43. The van der Waals surface area contributed by atoms with Crippen LogP contribution >= 0.6 is 0 Å². The standard InChI is InChI=1S/C55H90O6/c1-4-7-10-13-16-19-22-24-25-26-27-28-29-31-34-36-39-42-45-48-54(57)60-51-52(61-55(58)49-46-43-40-37-32-21-18-15-12-9-6-3)50-59-53(56)47-44-41-38-35-33-30-23-20-17-14-11-8-5-2/h7,10,15-16,18-20,23-25,27-28,31,34,39,42,52H,4-6,8-9,11-14,17,21-22,26,29-30,32-33,35-38,40-41,43-51H2,1-3H3/b10-7-,18-15-,19-16-,23-20-,25-24-,28-27-,34-31-,42-39-/t52-/m0/s1. The first kappa shape index (κ1) is 57.3. The third kappa shape index (κ3) is 47.2.